The van der Waals surface area contributed by atoms with Crippen LogP contribution >= 0.6 is 0 Å². The Morgan fingerprint density at radius 3 is 2.78 bits per heavy atom. The third-order valence-electron chi connectivity index (χ3n) is 5.47. The predicted octanol–water partition coefficient (Wildman–Crippen LogP) is 2.56. The van der Waals surface area contributed by atoms with Crippen LogP contribution in [0.15, 0.2) is 24.3 Å². The Labute approximate surface area is 139 Å². The molecular formula is C19H29N3O. The van der Waals surface area contributed by atoms with Crippen molar-refractivity contribution >= 4 is 11.6 Å². The lowest BCUT2D eigenvalue weighted by molar-refractivity contribution is -0.134. The molecule has 3 atom stereocenters. The molecule has 0 radical (unpaired) electrons. The molecule has 23 heavy (non-hydrogen) atoms. The van der Waals surface area contributed by atoms with Crippen molar-refractivity contribution in [2.24, 2.45) is 5.73 Å². The minimum absolute atomic E-state index is 0.253. The first-order valence-electron chi connectivity index (χ1n) is 8.96. The van der Waals surface area contributed by atoms with Crippen LogP contribution in [0.1, 0.15) is 45.1 Å². The summed E-state index contributed by atoms with van der Waals surface area (Å²) in [6.07, 6.45) is 4.76. The fourth-order valence-corrected chi connectivity index (χ4v) is 4.04. The van der Waals surface area contributed by atoms with Crippen LogP contribution in [0.5, 0.6) is 0 Å². The summed E-state index contributed by atoms with van der Waals surface area (Å²) in [5.74, 6) is 0.277. The van der Waals surface area contributed by atoms with Crippen molar-refractivity contribution in [1.29, 1.82) is 0 Å². The highest BCUT2D eigenvalue weighted by molar-refractivity contribution is 5.77. The lowest BCUT2D eigenvalue weighted by Crippen LogP contribution is -2.49. The summed E-state index contributed by atoms with van der Waals surface area (Å²) < 4.78 is 0. The SMILES string of the molecule is C[C@@H]1C[C@@H](N)CCN1C(=O)CCN1c2ccccc2CC[C@H]1C. The van der Waals surface area contributed by atoms with Gasteiger partial charge in [-0.05, 0) is 51.2 Å². The fourth-order valence-electron chi connectivity index (χ4n) is 4.04. The van der Waals surface area contributed by atoms with Crippen LogP contribution in [0, 0.1) is 0 Å². The van der Waals surface area contributed by atoms with E-state index in [4.69, 9.17) is 5.73 Å². The Balaban J connectivity index is 1.63. The quantitative estimate of drug-likeness (QED) is 0.932. The van der Waals surface area contributed by atoms with Gasteiger partial charge < -0.3 is 15.5 Å². The maximum Gasteiger partial charge on any atom is 0.224 e. The summed E-state index contributed by atoms with van der Waals surface area (Å²) in [5.41, 5.74) is 8.73. The van der Waals surface area contributed by atoms with Gasteiger partial charge in [0.1, 0.15) is 0 Å². The Morgan fingerprint density at radius 2 is 2.00 bits per heavy atom. The second kappa shape index (κ2) is 6.91. The van der Waals surface area contributed by atoms with Crippen LogP contribution in [0.3, 0.4) is 0 Å². The first kappa shape index (κ1) is 16.3. The van der Waals surface area contributed by atoms with E-state index >= 15 is 0 Å². The van der Waals surface area contributed by atoms with Gasteiger partial charge in [0.15, 0.2) is 0 Å². The van der Waals surface area contributed by atoms with Crippen molar-refractivity contribution in [3.05, 3.63) is 29.8 Å². The molecule has 0 aromatic heterocycles. The highest BCUT2D eigenvalue weighted by Gasteiger charge is 2.28. The van der Waals surface area contributed by atoms with Crippen molar-refractivity contribution in [2.45, 2.75) is 64.1 Å². The molecule has 1 aromatic rings. The number of piperidine rings is 1. The number of likely N-dealkylation sites (tertiary alicyclic amines) is 1. The molecule has 1 saturated heterocycles. The summed E-state index contributed by atoms with van der Waals surface area (Å²) in [6.45, 7) is 6.01. The molecule has 0 saturated carbocycles. The number of benzene rings is 1. The number of aryl methyl sites for hydroxylation is 1. The Kier molecular flexibility index (Phi) is 4.90. The third kappa shape index (κ3) is 3.52. The molecule has 4 nitrogen and oxygen atoms in total. The summed E-state index contributed by atoms with van der Waals surface area (Å²) in [6, 6.07) is 9.64. The van der Waals surface area contributed by atoms with Crippen LogP contribution in [0.25, 0.3) is 0 Å². The van der Waals surface area contributed by atoms with E-state index in [2.05, 4.69) is 43.0 Å². The second-order valence-electron chi connectivity index (χ2n) is 7.18. The van der Waals surface area contributed by atoms with Crippen LogP contribution in [-0.4, -0.2) is 42.0 Å². The van der Waals surface area contributed by atoms with Gasteiger partial charge in [0.2, 0.25) is 5.91 Å². The van der Waals surface area contributed by atoms with E-state index in [0.29, 0.717) is 12.5 Å². The highest BCUT2D eigenvalue weighted by Crippen LogP contribution is 2.30. The average molecular weight is 315 g/mol. The number of para-hydroxylation sites is 1. The van der Waals surface area contributed by atoms with Gasteiger partial charge in [0.05, 0.1) is 0 Å². The zero-order chi connectivity index (χ0) is 16.4. The largest absolute Gasteiger partial charge is 0.368 e. The Bertz CT molecular complexity index is 559. The van der Waals surface area contributed by atoms with E-state index in [-0.39, 0.29) is 18.0 Å². The monoisotopic (exact) mass is 315 g/mol. The standard InChI is InChI=1S/C19H29N3O/c1-14-7-8-16-5-3-4-6-18(16)21(14)12-10-19(23)22-11-9-17(20)13-15(22)2/h3-6,14-15,17H,7-13,20H2,1-2H3/t14-,15-,17+/m1/s1. The van der Waals surface area contributed by atoms with Gasteiger partial charge in [-0.2, -0.15) is 0 Å². The zero-order valence-corrected chi connectivity index (χ0v) is 14.4. The van der Waals surface area contributed by atoms with Gasteiger partial charge in [0.25, 0.3) is 0 Å². The zero-order valence-electron chi connectivity index (χ0n) is 14.4. The number of hydrogen-bond acceptors (Lipinski definition) is 3. The molecule has 2 aliphatic heterocycles. The van der Waals surface area contributed by atoms with Crippen molar-refractivity contribution in [3.63, 3.8) is 0 Å². The van der Waals surface area contributed by atoms with Gasteiger partial charge in [-0.3, -0.25) is 4.79 Å². The summed E-state index contributed by atoms with van der Waals surface area (Å²) in [5, 5.41) is 0. The molecule has 1 fully saturated rings. The van der Waals surface area contributed by atoms with Crippen molar-refractivity contribution < 1.29 is 4.79 Å². The number of rotatable bonds is 3. The number of nitrogens with two attached hydrogens (primary N) is 1. The molecule has 0 unspecified atom stereocenters. The number of anilines is 1. The minimum Gasteiger partial charge on any atom is -0.368 e. The fraction of sp³-hybridized carbons (Fsp3) is 0.632. The smallest absolute Gasteiger partial charge is 0.224 e. The molecule has 2 N–H and O–H groups in total. The Morgan fingerprint density at radius 1 is 1.22 bits per heavy atom. The van der Waals surface area contributed by atoms with Gasteiger partial charge in [0, 0.05) is 43.3 Å². The van der Waals surface area contributed by atoms with Crippen LogP contribution in [0.4, 0.5) is 5.69 Å². The van der Waals surface area contributed by atoms with E-state index in [9.17, 15) is 4.79 Å². The van der Waals surface area contributed by atoms with Crippen molar-refractivity contribution in [2.75, 3.05) is 18.0 Å². The average Bonchev–Trinajstić information content (AvgIpc) is 2.53. The summed E-state index contributed by atoms with van der Waals surface area (Å²) >= 11 is 0. The molecule has 2 heterocycles. The molecular weight excluding hydrogens is 286 g/mol. The number of hydrogen-bond donors (Lipinski definition) is 1. The molecule has 1 aromatic carbocycles. The normalized spacial score (nSPS) is 27.7. The van der Waals surface area contributed by atoms with E-state index in [0.717, 1.165) is 32.4 Å². The van der Waals surface area contributed by atoms with E-state index in [1.165, 1.54) is 17.7 Å². The lowest BCUT2D eigenvalue weighted by atomic mass is 9.96. The molecule has 0 aliphatic carbocycles. The molecule has 0 bridgehead atoms. The first-order valence-corrected chi connectivity index (χ1v) is 8.96. The highest BCUT2D eigenvalue weighted by atomic mass is 16.2. The predicted molar refractivity (Wildman–Crippen MR) is 94.6 cm³/mol. The topological polar surface area (TPSA) is 49.6 Å². The van der Waals surface area contributed by atoms with E-state index in [1.807, 2.05) is 4.90 Å². The number of nitrogens with zero attached hydrogens (tertiary/aromatic N) is 2. The van der Waals surface area contributed by atoms with Crippen LogP contribution in [0.2, 0.25) is 0 Å². The van der Waals surface area contributed by atoms with Gasteiger partial charge in [-0.25, -0.2) is 0 Å². The van der Waals surface area contributed by atoms with Crippen LogP contribution in [-0.2, 0) is 11.2 Å². The molecule has 3 rings (SSSR count). The van der Waals surface area contributed by atoms with Crippen molar-refractivity contribution in [3.8, 4) is 0 Å². The third-order valence-corrected chi connectivity index (χ3v) is 5.47. The van der Waals surface area contributed by atoms with Gasteiger partial charge in [-0.15, -0.1) is 0 Å². The number of fused-ring (bicyclic) bond motifs is 1. The number of amides is 1. The Hall–Kier alpha value is -1.55. The van der Waals surface area contributed by atoms with Crippen molar-refractivity contribution in [1.82, 2.24) is 4.90 Å². The molecule has 0 spiro atoms. The van der Waals surface area contributed by atoms with Gasteiger partial charge in [-0.1, -0.05) is 18.2 Å². The minimum atomic E-state index is 0.253. The molecule has 1 amide bonds. The summed E-state index contributed by atoms with van der Waals surface area (Å²) in [4.78, 5) is 17.1. The van der Waals surface area contributed by atoms with Gasteiger partial charge >= 0.3 is 0 Å². The molecule has 2 aliphatic rings. The maximum absolute atomic E-state index is 12.6. The lowest BCUT2D eigenvalue weighted by Gasteiger charge is -2.39. The molecule has 4 heteroatoms. The molecule has 126 valence electrons. The number of carbonyl (C=O) groups is 1. The number of carbonyl (C=O) groups excluding carboxylic acids is 1. The van der Waals surface area contributed by atoms with Crippen LogP contribution < -0.4 is 10.6 Å². The first-order chi connectivity index (χ1) is 11.1. The second-order valence-corrected chi connectivity index (χ2v) is 7.18. The maximum atomic E-state index is 12.6. The van der Waals surface area contributed by atoms with E-state index < -0.39 is 0 Å². The summed E-state index contributed by atoms with van der Waals surface area (Å²) in [7, 11) is 0. The van der Waals surface area contributed by atoms with E-state index in [1.54, 1.807) is 0 Å².